The SMILES string of the molecule is CCC(Br)=c1sccc1=CCCl. The van der Waals surface area contributed by atoms with E-state index in [2.05, 4.69) is 34.3 Å². The molecule has 0 amide bonds. The van der Waals surface area contributed by atoms with Crippen LogP contribution >= 0.6 is 38.9 Å². The summed E-state index contributed by atoms with van der Waals surface area (Å²) in [4.78, 5) is 0. The minimum atomic E-state index is 0.577. The first-order valence-electron chi connectivity index (χ1n) is 3.78. The van der Waals surface area contributed by atoms with E-state index < -0.39 is 0 Å². The molecule has 0 nitrogen and oxygen atoms in total. The number of hydrogen-bond acceptors (Lipinski definition) is 1. The molecule has 0 atom stereocenters. The lowest BCUT2D eigenvalue weighted by molar-refractivity contribution is 1.28. The zero-order valence-electron chi connectivity index (χ0n) is 6.81. The van der Waals surface area contributed by atoms with E-state index in [1.165, 1.54) is 14.2 Å². The molecule has 1 aromatic heterocycles. The molecular formula is C9H10BrClS. The van der Waals surface area contributed by atoms with E-state index in [1.54, 1.807) is 11.3 Å². The Bertz CT molecular complexity index is 353. The van der Waals surface area contributed by atoms with Crippen molar-refractivity contribution in [3.05, 3.63) is 21.2 Å². The Morgan fingerprint density at radius 1 is 1.75 bits per heavy atom. The quantitative estimate of drug-likeness (QED) is 0.721. The summed E-state index contributed by atoms with van der Waals surface area (Å²) in [5.41, 5.74) is 0. The highest BCUT2D eigenvalue weighted by Gasteiger charge is 1.92. The highest BCUT2D eigenvalue weighted by molar-refractivity contribution is 9.14. The maximum absolute atomic E-state index is 5.64. The molecule has 0 bridgehead atoms. The molecule has 0 radical (unpaired) electrons. The molecule has 0 aliphatic heterocycles. The first-order valence-corrected chi connectivity index (χ1v) is 5.98. The van der Waals surface area contributed by atoms with Crippen molar-refractivity contribution < 1.29 is 0 Å². The van der Waals surface area contributed by atoms with Gasteiger partial charge in [-0.2, -0.15) is 0 Å². The minimum Gasteiger partial charge on any atom is -0.143 e. The van der Waals surface area contributed by atoms with Crippen molar-refractivity contribution in [1.29, 1.82) is 0 Å². The smallest absolute Gasteiger partial charge is 0.0441 e. The van der Waals surface area contributed by atoms with Crippen molar-refractivity contribution >= 4 is 49.4 Å². The van der Waals surface area contributed by atoms with E-state index in [9.17, 15) is 0 Å². The van der Waals surface area contributed by atoms with Crippen LogP contribution in [0.3, 0.4) is 0 Å². The molecule has 0 fully saturated rings. The zero-order valence-corrected chi connectivity index (χ0v) is 9.97. The Morgan fingerprint density at radius 3 is 3.08 bits per heavy atom. The summed E-state index contributed by atoms with van der Waals surface area (Å²) >= 11 is 10.9. The highest BCUT2D eigenvalue weighted by Crippen LogP contribution is 2.08. The van der Waals surface area contributed by atoms with Gasteiger partial charge in [-0.15, -0.1) is 22.9 Å². The van der Waals surface area contributed by atoms with Crippen LogP contribution in [0.5, 0.6) is 0 Å². The monoisotopic (exact) mass is 264 g/mol. The molecule has 0 saturated heterocycles. The molecule has 0 unspecified atom stereocenters. The average Bonchev–Trinajstić information content (AvgIpc) is 2.52. The number of hydrogen-bond donors (Lipinski definition) is 0. The van der Waals surface area contributed by atoms with Gasteiger partial charge >= 0.3 is 0 Å². The van der Waals surface area contributed by atoms with Gasteiger partial charge in [-0.3, -0.25) is 0 Å². The van der Waals surface area contributed by atoms with E-state index in [0.717, 1.165) is 6.42 Å². The number of alkyl halides is 1. The molecule has 0 aromatic carbocycles. The third kappa shape index (κ3) is 2.35. The number of thiophene rings is 1. The van der Waals surface area contributed by atoms with Gasteiger partial charge in [0.25, 0.3) is 0 Å². The molecule has 0 aliphatic rings. The van der Waals surface area contributed by atoms with Crippen LogP contribution < -0.4 is 9.75 Å². The van der Waals surface area contributed by atoms with Gasteiger partial charge in [0, 0.05) is 14.9 Å². The Hall–Kier alpha value is 0.210. The summed E-state index contributed by atoms with van der Waals surface area (Å²) in [6, 6.07) is 2.10. The van der Waals surface area contributed by atoms with E-state index in [-0.39, 0.29) is 0 Å². The molecule has 66 valence electrons. The van der Waals surface area contributed by atoms with Crippen molar-refractivity contribution in [1.82, 2.24) is 0 Å². The van der Waals surface area contributed by atoms with Crippen LogP contribution in [0.25, 0.3) is 10.6 Å². The summed E-state index contributed by atoms with van der Waals surface area (Å²) in [5, 5.41) is 3.33. The summed E-state index contributed by atoms with van der Waals surface area (Å²) in [7, 11) is 0. The largest absolute Gasteiger partial charge is 0.143 e. The van der Waals surface area contributed by atoms with Crippen molar-refractivity contribution in [2.24, 2.45) is 0 Å². The van der Waals surface area contributed by atoms with Crippen molar-refractivity contribution in [2.45, 2.75) is 13.3 Å². The lowest BCUT2D eigenvalue weighted by Crippen LogP contribution is -2.19. The molecule has 3 heteroatoms. The molecule has 1 heterocycles. The van der Waals surface area contributed by atoms with Crippen LogP contribution in [-0.2, 0) is 0 Å². The van der Waals surface area contributed by atoms with Gasteiger partial charge in [0.1, 0.15) is 0 Å². The second kappa shape index (κ2) is 5.05. The molecule has 12 heavy (non-hydrogen) atoms. The first-order chi connectivity index (χ1) is 5.79. The fraction of sp³-hybridized carbons (Fsp3) is 0.333. The lowest BCUT2D eigenvalue weighted by Gasteiger charge is -1.87. The minimum absolute atomic E-state index is 0.577. The fourth-order valence-electron chi connectivity index (χ4n) is 0.944. The second-order valence-corrected chi connectivity index (χ2v) is 4.50. The van der Waals surface area contributed by atoms with Crippen LogP contribution in [-0.4, -0.2) is 5.88 Å². The highest BCUT2D eigenvalue weighted by atomic mass is 79.9. The average molecular weight is 266 g/mol. The Labute approximate surface area is 89.7 Å². The summed E-state index contributed by atoms with van der Waals surface area (Å²) in [6.07, 6.45) is 3.06. The van der Waals surface area contributed by atoms with E-state index in [1.807, 2.05) is 6.08 Å². The van der Waals surface area contributed by atoms with E-state index in [0.29, 0.717) is 5.88 Å². The fourth-order valence-corrected chi connectivity index (χ4v) is 2.53. The molecule has 0 saturated carbocycles. The van der Waals surface area contributed by atoms with Gasteiger partial charge in [-0.1, -0.05) is 28.9 Å². The Morgan fingerprint density at radius 2 is 2.50 bits per heavy atom. The lowest BCUT2D eigenvalue weighted by atomic mass is 10.3. The standard InChI is InChI=1S/C9H10BrClS/c1-2-8(10)9-7(3-5-11)4-6-12-9/h3-4,6H,2,5H2,1H3. The van der Waals surface area contributed by atoms with Crippen LogP contribution in [0, 0.1) is 0 Å². The third-order valence-electron chi connectivity index (χ3n) is 1.55. The predicted octanol–water partition coefficient (Wildman–Crippen LogP) is 2.68. The van der Waals surface area contributed by atoms with Crippen LogP contribution in [0.2, 0.25) is 0 Å². The summed E-state index contributed by atoms with van der Waals surface area (Å²) in [6.45, 7) is 2.13. The number of rotatable bonds is 2. The predicted molar refractivity (Wildman–Crippen MR) is 61.4 cm³/mol. The third-order valence-corrected chi connectivity index (χ3v) is 3.91. The van der Waals surface area contributed by atoms with Gasteiger partial charge < -0.3 is 0 Å². The molecular weight excluding hydrogens is 256 g/mol. The van der Waals surface area contributed by atoms with Gasteiger partial charge in [0.2, 0.25) is 0 Å². The molecule has 1 aromatic rings. The Balaban J connectivity index is 3.34. The molecule has 0 N–H and O–H groups in total. The number of halogens is 2. The van der Waals surface area contributed by atoms with Gasteiger partial charge in [-0.25, -0.2) is 0 Å². The van der Waals surface area contributed by atoms with Crippen molar-refractivity contribution in [3.8, 4) is 0 Å². The topological polar surface area (TPSA) is 0 Å². The van der Waals surface area contributed by atoms with Crippen molar-refractivity contribution in [2.75, 3.05) is 5.88 Å². The zero-order chi connectivity index (χ0) is 8.97. The van der Waals surface area contributed by atoms with Crippen LogP contribution in [0.4, 0.5) is 0 Å². The molecule has 1 rings (SSSR count). The molecule has 0 aliphatic carbocycles. The van der Waals surface area contributed by atoms with Gasteiger partial charge in [0.05, 0.1) is 0 Å². The van der Waals surface area contributed by atoms with Crippen LogP contribution in [0.15, 0.2) is 11.4 Å². The van der Waals surface area contributed by atoms with E-state index in [4.69, 9.17) is 11.6 Å². The maximum atomic E-state index is 5.64. The van der Waals surface area contributed by atoms with Gasteiger partial charge in [0.15, 0.2) is 0 Å². The normalized spacial score (nSPS) is 15.1. The second-order valence-electron chi connectivity index (χ2n) is 2.32. The van der Waals surface area contributed by atoms with Gasteiger partial charge in [-0.05, 0) is 23.1 Å². The van der Waals surface area contributed by atoms with Crippen LogP contribution in [0.1, 0.15) is 13.3 Å². The van der Waals surface area contributed by atoms with E-state index >= 15 is 0 Å². The molecule has 0 spiro atoms. The van der Waals surface area contributed by atoms with Crippen molar-refractivity contribution in [3.63, 3.8) is 0 Å². The summed E-state index contributed by atoms with van der Waals surface area (Å²) in [5.74, 6) is 0.577. The summed E-state index contributed by atoms with van der Waals surface area (Å²) < 4.78 is 2.56. The Kier molecular flexibility index (Phi) is 4.33. The maximum Gasteiger partial charge on any atom is 0.0441 e. The first kappa shape index (κ1) is 10.3.